The lowest BCUT2D eigenvalue weighted by molar-refractivity contribution is -0.122. The van der Waals surface area contributed by atoms with Crippen molar-refractivity contribution in [3.8, 4) is 0 Å². The predicted octanol–water partition coefficient (Wildman–Crippen LogP) is 4.43. The minimum atomic E-state index is 0.171. The molecule has 0 saturated heterocycles. The van der Waals surface area contributed by atoms with Crippen LogP contribution in [0.2, 0.25) is 0 Å². The number of hydrogen-bond acceptors (Lipinski definition) is 2. The summed E-state index contributed by atoms with van der Waals surface area (Å²) in [6.45, 7) is 10.2. The highest BCUT2D eigenvalue weighted by atomic mass is 16.2. The molecule has 0 aliphatic heterocycles. The molecule has 0 rings (SSSR count). The van der Waals surface area contributed by atoms with Crippen LogP contribution < -0.4 is 10.6 Å². The van der Waals surface area contributed by atoms with Crippen molar-refractivity contribution in [1.29, 1.82) is 0 Å². The number of carbonyl (C=O) groups excluding carboxylic acids is 2. The van der Waals surface area contributed by atoms with Gasteiger partial charge in [-0.25, -0.2) is 0 Å². The molecule has 0 aliphatic carbocycles. The molecule has 0 unspecified atom stereocenters. The van der Waals surface area contributed by atoms with Crippen LogP contribution in [0.15, 0.2) is 0 Å². The van der Waals surface area contributed by atoms with E-state index in [9.17, 15) is 9.59 Å². The summed E-state index contributed by atoms with van der Waals surface area (Å²) in [5.74, 6) is 1.51. The molecule has 0 atom stereocenters. The molecule has 0 aliphatic rings. The number of unbranched alkanes of at least 4 members (excludes halogenated alkanes) is 5. The third-order valence-electron chi connectivity index (χ3n) is 4.03. The SMILES string of the molecule is CC(C)CCCNC(=O)CCCCCCCCNC(=O)CC(C)C. The smallest absolute Gasteiger partial charge is 0.220 e. The van der Waals surface area contributed by atoms with Gasteiger partial charge in [-0.1, -0.05) is 53.4 Å². The Hall–Kier alpha value is -1.06. The van der Waals surface area contributed by atoms with Gasteiger partial charge in [-0.2, -0.15) is 0 Å². The van der Waals surface area contributed by atoms with Gasteiger partial charge in [-0.15, -0.1) is 0 Å². The van der Waals surface area contributed by atoms with E-state index in [4.69, 9.17) is 0 Å². The van der Waals surface area contributed by atoms with E-state index in [0.29, 0.717) is 24.7 Å². The Balaban J connectivity index is 3.27. The van der Waals surface area contributed by atoms with Crippen LogP contribution in [0.4, 0.5) is 0 Å². The van der Waals surface area contributed by atoms with Gasteiger partial charge in [0.25, 0.3) is 0 Å². The van der Waals surface area contributed by atoms with Gasteiger partial charge in [0.1, 0.15) is 0 Å². The van der Waals surface area contributed by atoms with E-state index >= 15 is 0 Å². The molecule has 0 fully saturated rings. The standard InChI is InChI=1S/C20H40N2O2/c1-17(2)12-11-15-21-19(23)13-9-7-5-6-8-10-14-22-20(24)16-18(3)4/h17-18H,5-16H2,1-4H3,(H,21,23)(H,22,24). The molecule has 2 N–H and O–H groups in total. The van der Waals surface area contributed by atoms with Crippen LogP contribution in [0, 0.1) is 11.8 Å². The molecular formula is C20H40N2O2. The van der Waals surface area contributed by atoms with Crippen LogP contribution in [0.25, 0.3) is 0 Å². The fourth-order valence-corrected chi connectivity index (χ4v) is 2.61. The van der Waals surface area contributed by atoms with E-state index in [2.05, 4.69) is 38.3 Å². The van der Waals surface area contributed by atoms with Gasteiger partial charge in [0.15, 0.2) is 0 Å². The molecule has 0 radical (unpaired) electrons. The number of hydrogen-bond donors (Lipinski definition) is 2. The van der Waals surface area contributed by atoms with Crippen molar-refractivity contribution < 1.29 is 9.59 Å². The van der Waals surface area contributed by atoms with E-state index < -0.39 is 0 Å². The number of nitrogens with one attached hydrogen (secondary N) is 2. The maximum Gasteiger partial charge on any atom is 0.220 e. The van der Waals surface area contributed by atoms with Gasteiger partial charge in [0.05, 0.1) is 0 Å². The highest BCUT2D eigenvalue weighted by Gasteiger charge is 2.03. The molecule has 4 heteroatoms. The van der Waals surface area contributed by atoms with Crippen LogP contribution in [-0.4, -0.2) is 24.9 Å². The van der Waals surface area contributed by atoms with E-state index in [1.165, 1.54) is 19.3 Å². The normalized spacial score (nSPS) is 11.1. The van der Waals surface area contributed by atoms with Crippen LogP contribution in [-0.2, 0) is 9.59 Å². The summed E-state index contributed by atoms with van der Waals surface area (Å²) in [7, 11) is 0. The van der Waals surface area contributed by atoms with Crippen molar-refractivity contribution in [3.05, 3.63) is 0 Å². The molecular weight excluding hydrogens is 300 g/mol. The molecule has 2 amide bonds. The Morgan fingerprint density at radius 3 is 1.83 bits per heavy atom. The minimum absolute atomic E-state index is 0.171. The number of amides is 2. The number of rotatable bonds is 15. The molecule has 0 aromatic carbocycles. The van der Waals surface area contributed by atoms with Crippen molar-refractivity contribution in [3.63, 3.8) is 0 Å². The Labute approximate surface area is 149 Å². The third-order valence-corrected chi connectivity index (χ3v) is 4.03. The van der Waals surface area contributed by atoms with Gasteiger partial charge in [0.2, 0.25) is 11.8 Å². The predicted molar refractivity (Wildman–Crippen MR) is 102 cm³/mol. The first-order valence-corrected chi connectivity index (χ1v) is 9.95. The molecule has 0 bridgehead atoms. The molecule has 0 spiro atoms. The summed E-state index contributed by atoms with van der Waals surface area (Å²) in [6, 6.07) is 0. The largest absolute Gasteiger partial charge is 0.356 e. The van der Waals surface area contributed by atoms with E-state index in [0.717, 1.165) is 45.2 Å². The average molecular weight is 341 g/mol. The van der Waals surface area contributed by atoms with Crippen molar-refractivity contribution in [1.82, 2.24) is 10.6 Å². The fraction of sp³-hybridized carbons (Fsp3) is 0.900. The van der Waals surface area contributed by atoms with Gasteiger partial charge in [0, 0.05) is 25.9 Å². The first-order chi connectivity index (χ1) is 11.4. The summed E-state index contributed by atoms with van der Waals surface area (Å²) < 4.78 is 0. The zero-order valence-electron chi connectivity index (χ0n) is 16.5. The number of carbonyl (C=O) groups is 2. The molecule has 0 heterocycles. The minimum Gasteiger partial charge on any atom is -0.356 e. The second-order valence-corrected chi connectivity index (χ2v) is 7.71. The molecule has 0 saturated carbocycles. The van der Waals surface area contributed by atoms with Crippen LogP contribution >= 0.6 is 0 Å². The summed E-state index contributed by atoms with van der Waals surface area (Å²) in [5, 5.41) is 5.97. The lowest BCUT2D eigenvalue weighted by atomic mass is 10.1. The Morgan fingerprint density at radius 1 is 0.667 bits per heavy atom. The van der Waals surface area contributed by atoms with Gasteiger partial charge in [-0.3, -0.25) is 9.59 Å². The summed E-state index contributed by atoms with van der Waals surface area (Å²) in [4.78, 5) is 23.1. The lowest BCUT2D eigenvalue weighted by Gasteiger charge is -2.07. The van der Waals surface area contributed by atoms with Crippen molar-refractivity contribution in [2.45, 2.75) is 91.9 Å². The summed E-state index contributed by atoms with van der Waals surface area (Å²) in [6.07, 6.45) is 10.2. The third kappa shape index (κ3) is 17.3. The van der Waals surface area contributed by atoms with Crippen molar-refractivity contribution in [2.24, 2.45) is 11.8 Å². The van der Waals surface area contributed by atoms with Crippen LogP contribution in [0.5, 0.6) is 0 Å². The second-order valence-electron chi connectivity index (χ2n) is 7.71. The molecule has 0 aromatic heterocycles. The topological polar surface area (TPSA) is 58.2 Å². The molecule has 4 nitrogen and oxygen atoms in total. The average Bonchev–Trinajstić information content (AvgIpc) is 2.49. The zero-order valence-corrected chi connectivity index (χ0v) is 16.5. The second kappa shape index (κ2) is 15.5. The van der Waals surface area contributed by atoms with E-state index in [1.807, 2.05) is 0 Å². The van der Waals surface area contributed by atoms with Gasteiger partial charge >= 0.3 is 0 Å². The Kier molecular flexibility index (Phi) is 14.8. The Morgan fingerprint density at radius 2 is 1.21 bits per heavy atom. The Bertz CT molecular complexity index is 328. The van der Waals surface area contributed by atoms with Crippen molar-refractivity contribution in [2.75, 3.05) is 13.1 Å². The first-order valence-electron chi connectivity index (χ1n) is 9.95. The van der Waals surface area contributed by atoms with Crippen LogP contribution in [0.3, 0.4) is 0 Å². The zero-order chi connectivity index (χ0) is 18.2. The monoisotopic (exact) mass is 340 g/mol. The summed E-state index contributed by atoms with van der Waals surface area (Å²) >= 11 is 0. The van der Waals surface area contributed by atoms with Crippen molar-refractivity contribution >= 4 is 11.8 Å². The van der Waals surface area contributed by atoms with E-state index in [-0.39, 0.29) is 11.8 Å². The molecule has 0 aromatic rings. The maximum absolute atomic E-state index is 11.7. The lowest BCUT2D eigenvalue weighted by Crippen LogP contribution is -2.25. The van der Waals surface area contributed by atoms with Gasteiger partial charge in [-0.05, 0) is 37.5 Å². The molecule has 142 valence electrons. The highest BCUT2D eigenvalue weighted by molar-refractivity contribution is 5.76. The fourth-order valence-electron chi connectivity index (χ4n) is 2.61. The van der Waals surface area contributed by atoms with Gasteiger partial charge < -0.3 is 10.6 Å². The first kappa shape index (κ1) is 22.9. The maximum atomic E-state index is 11.7. The quantitative estimate of drug-likeness (QED) is 0.433. The summed E-state index contributed by atoms with van der Waals surface area (Å²) in [5.41, 5.74) is 0. The van der Waals surface area contributed by atoms with Crippen LogP contribution in [0.1, 0.15) is 91.9 Å². The molecule has 24 heavy (non-hydrogen) atoms. The van der Waals surface area contributed by atoms with E-state index in [1.54, 1.807) is 0 Å². The highest BCUT2D eigenvalue weighted by Crippen LogP contribution is 2.07.